The molecule has 0 radical (unpaired) electrons. The Morgan fingerprint density at radius 1 is 0.778 bits per heavy atom. The predicted molar refractivity (Wildman–Crippen MR) is 339 cm³/mol. The lowest BCUT2D eigenvalue weighted by Crippen LogP contribution is -2.71. The molecule has 2 saturated heterocycles. The highest BCUT2D eigenvalue weighted by Crippen LogP contribution is 2.29. The van der Waals surface area contributed by atoms with E-state index in [0.29, 0.717) is 29.3 Å². The molecule has 3 heterocycles. The van der Waals surface area contributed by atoms with Gasteiger partial charge in [-0.05, 0) is 77.1 Å². The van der Waals surface area contributed by atoms with E-state index in [-0.39, 0.29) is 55.4 Å². The fourth-order valence-electron chi connectivity index (χ4n) is 10.1. The maximum atomic E-state index is 14.9. The lowest BCUT2D eigenvalue weighted by Gasteiger charge is -2.40. The van der Waals surface area contributed by atoms with Crippen molar-refractivity contribution in [3.63, 3.8) is 0 Å². The van der Waals surface area contributed by atoms with Crippen molar-refractivity contribution in [3.05, 3.63) is 70.7 Å². The lowest BCUT2D eigenvalue weighted by molar-refractivity contribution is -0.140. The number of thioether (sulfide) groups is 2. The number of rotatable bonds is 28. The van der Waals surface area contributed by atoms with Gasteiger partial charge in [-0.1, -0.05) is 55.5 Å². The highest BCUT2D eigenvalue weighted by Gasteiger charge is 2.48. The fourth-order valence-corrected chi connectivity index (χ4v) is 12.9. The number of ketones is 2. The lowest BCUT2D eigenvalue weighted by atomic mass is 9.90. The minimum Gasteiger partial charge on any atom is -0.394 e. The second-order valence-electron chi connectivity index (χ2n) is 23.0. The van der Waals surface area contributed by atoms with Gasteiger partial charge in [0.2, 0.25) is 53.2 Å². The van der Waals surface area contributed by atoms with E-state index in [2.05, 4.69) is 76.1 Å². The summed E-state index contributed by atoms with van der Waals surface area (Å²) >= 11 is 6.07. The highest BCUT2D eigenvalue weighted by molar-refractivity contribution is 8.16. The molecule has 0 aliphatic carbocycles. The van der Waals surface area contributed by atoms with Gasteiger partial charge >= 0.3 is 0 Å². The number of nitrogens with zero attached hydrogens (tertiary/aromatic N) is 1. The number of amides is 9. The topological polar surface area (TPSA) is 439 Å². The third-order valence-corrected chi connectivity index (χ3v) is 18.9. The van der Waals surface area contributed by atoms with Crippen molar-refractivity contribution in [2.45, 2.75) is 163 Å². The molecule has 5 unspecified atom stereocenters. The smallest absolute Gasteiger partial charge is 0.246 e. The molecule has 2 aromatic carbocycles. The standard InChI is InChI=1S/C59H87N13O15S3/c1-7-59(6,44(77)24-62-58(4,5)50(80)41(27-74)70-54(84)42(28-88)64-32(3)76)63-25-45(78)65-43-29-89-30-90-49-47(57(87)69-40(26-73)31(2)75)72-56(86)46(48(49)79)71-51(81)37(19-13-14-20-60)66-53(83)39(22-34-23-61-36-18-12-11-17-35(34)36)68-52(82)38(67-55(43)85)21-33-15-9-8-10-16-33/h8-12,15-18,31,37-43,46-49,62-63,73-75,79,88H,7,13-14,19-30,60H2,1-6H3,(H,64,76)(H,65,78)(H,66,83)(H,67,85)(H,68,82)(H,69,87)(H,70,84)(H,71,81)(H,72,86)/t31-,37+,38+,39-,40-,41?,42?,43+,46?,47+,48-,49?,59?/m1/s1. The van der Waals surface area contributed by atoms with E-state index in [1.165, 1.54) is 34.6 Å². The first-order valence-electron chi connectivity index (χ1n) is 29.7. The second kappa shape index (κ2) is 35.3. The number of carbonyl (C=O) groups is 11. The fraction of sp³-hybridized carbons (Fsp3) is 0.593. The molecule has 28 nitrogen and oxygen atoms in total. The third-order valence-electron chi connectivity index (χ3n) is 15.8. The van der Waals surface area contributed by atoms with Crippen LogP contribution in [0, 0.1) is 0 Å². The van der Waals surface area contributed by atoms with Crippen LogP contribution in [0.25, 0.3) is 5.57 Å². The van der Waals surface area contributed by atoms with Crippen molar-refractivity contribution in [1.82, 2.24) is 58.5 Å². The number of hydrogen-bond acceptors (Lipinski definition) is 22. The first kappa shape index (κ1) is 74.2. The number of aliphatic hydroxyl groups is 4. The Balaban J connectivity index is 1.48. The van der Waals surface area contributed by atoms with Crippen LogP contribution in [-0.4, -0.2) is 224 Å². The number of nitrogens with two attached hydrogens (primary N) is 1. The van der Waals surface area contributed by atoms with Gasteiger partial charge < -0.3 is 74.0 Å². The number of piperidine rings is 1. The summed E-state index contributed by atoms with van der Waals surface area (Å²) in [6.45, 7) is 6.48. The highest BCUT2D eigenvalue weighted by atomic mass is 32.2. The van der Waals surface area contributed by atoms with Crippen molar-refractivity contribution in [3.8, 4) is 0 Å². The zero-order valence-electron chi connectivity index (χ0n) is 51.3. The van der Waals surface area contributed by atoms with E-state index >= 15 is 0 Å². The Morgan fingerprint density at radius 2 is 1.42 bits per heavy atom. The number of fused-ring (bicyclic) bond motifs is 3. The van der Waals surface area contributed by atoms with Crippen molar-refractivity contribution in [1.29, 1.82) is 0 Å². The molecule has 2 bridgehead atoms. The van der Waals surface area contributed by atoms with Gasteiger partial charge in [0, 0.05) is 41.6 Å². The van der Waals surface area contributed by atoms with E-state index < -0.39 is 174 Å². The van der Waals surface area contributed by atoms with Gasteiger partial charge in [0.15, 0.2) is 11.6 Å². The quantitative estimate of drug-likeness (QED) is 0.0279. The van der Waals surface area contributed by atoms with Crippen LogP contribution < -0.4 is 74.8 Å². The maximum Gasteiger partial charge on any atom is 0.246 e. The van der Waals surface area contributed by atoms with Crippen LogP contribution in [0.4, 0.5) is 0 Å². The molecule has 496 valence electrons. The van der Waals surface area contributed by atoms with Gasteiger partial charge in [-0.2, -0.15) is 12.6 Å². The van der Waals surface area contributed by atoms with E-state index in [0.717, 1.165) is 28.7 Å². The van der Waals surface area contributed by atoms with Gasteiger partial charge in [0.25, 0.3) is 0 Å². The van der Waals surface area contributed by atoms with Crippen molar-refractivity contribution in [2.24, 2.45) is 10.7 Å². The van der Waals surface area contributed by atoms with Gasteiger partial charge in [0.05, 0.1) is 72.8 Å². The second-order valence-corrected chi connectivity index (χ2v) is 26.0. The summed E-state index contributed by atoms with van der Waals surface area (Å²) in [7, 11) is 0. The summed E-state index contributed by atoms with van der Waals surface area (Å²) in [5, 5.41) is 71.9. The van der Waals surface area contributed by atoms with Gasteiger partial charge in [-0.15, -0.1) is 23.5 Å². The number of benzene rings is 2. The van der Waals surface area contributed by atoms with Crippen LogP contribution in [0.15, 0.2) is 59.6 Å². The Hall–Kier alpha value is -6.55. The van der Waals surface area contributed by atoms with Gasteiger partial charge in [-0.3, -0.25) is 68.4 Å². The number of carbonyl (C=O) groups excluding carboxylic acids is 11. The number of unbranched alkanes of at least 4 members (excludes halogenated alkanes) is 1. The van der Waals surface area contributed by atoms with E-state index in [9.17, 15) is 73.2 Å². The molecule has 90 heavy (non-hydrogen) atoms. The number of hydrogen-bond donors (Lipinski definition) is 17. The molecule has 13 atom stereocenters. The van der Waals surface area contributed by atoms with Crippen LogP contribution in [0.3, 0.4) is 0 Å². The number of para-hydroxylation sites is 1. The van der Waals surface area contributed by atoms with Crippen LogP contribution in [-0.2, 0) is 59.2 Å². The Bertz CT molecular complexity index is 3020. The summed E-state index contributed by atoms with van der Waals surface area (Å²) in [6, 6.07) is 3.21. The van der Waals surface area contributed by atoms with Crippen molar-refractivity contribution >= 4 is 106 Å². The minimum atomic E-state index is -1.81. The van der Waals surface area contributed by atoms with Gasteiger partial charge in [-0.25, -0.2) is 0 Å². The zero-order chi connectivity index (χ0) is 66.5. The average Bonchev–Trinajstić information content (AvgIpc) is 3.86. The zero-order valence-corrected chi connectivity index (χ0v) is 53.8. The van der Waals surface area contributed by atoms with E-state index in [4.69, 9.17) is 5.73 Å². The molecule has 3 aliphatic rings. The number of nitrogens with one attached hydrogen (secondary N) is 11. The Labute approximate surface area is 536 Å². The molecule has 5 rings (SSSR count). The summed E-state index contributed by atoms with van der Waals surface area (Å²) in [4.78, 5) is 158. The molecule has 9 amide bonds. The third kappa shape index (κ3) is 21.0. The van der Waals surface area contributed by atoms with E-state index in [1.807, 2.05) is 6.07 Å². The molecule has 2 fully saturated rings. The summed E-state index contributed by atoms with van der Waals surface area (Å²) in [5.41, 5.74) is 4.12. The van der Waals surface area contributed by atoms with Gasteiger partial charge in [0.1, 0.15) is 48.3 Å². The molecule has 2 aromatic rings. The molecular formula is C59H87N13O15S3. The summed E-state index contributed by atoms with van der Waals surface area (Å²) in [6.07, 6.45) is -2.44. The minimum absolute atomic E-state index is 0.00472. The van der Waals surface area contributed by atoms with Crippen molar-refractivity contribution in [2.75, 3.05) is 56.0 Å². The first-order valence-corrected chi connectivity index (χ1v) is 32.5. The SMILES string of the molecule is CCC(C)(NCC(=O)N[C@H]1CSCSC2[C@H](O)C(NC(=O)[C@H](CCCCN)NC(=O)[C@@H](CC3=c4ccccc4=NC3)NC(=O)[C@H](Cc3ccccc3)NC1=O)C(=O)N[C@@H]2C(=O)N[C@H](CO)[C@@H](C)O)C(=O)CNC(C)(C)C(=O)C(CO)NC(=O)C(CS)NC(C)=O. The predicted octanol–water partition coefficient (Wildman–Crippen LogP) is -5.64. The molecule has 0 aromatic heterocycles. The maximum absolute atomic E-state index is 14.9. The average molecular weight is 1310 g/mol. The Morgan fingerprint density at radius 3 is 2.06 bits per heavy atom. The molecule has 31 heteroatoms. The number of Topliss-reactive ketones (excluding diaryl/α,β-unsaturated/α-hetero) is 2. The van der Waals surface area contributed by atoms with Crippen LogP contribution in [0.5, 0.6) is 0 Å². The number of aliphatic hydroxyl groups excluding tert-OH is 4. The monoisotopic (exact) mass is 1310 g/mol. The molecule has 0 spiro atoms. The Kier molecular flexibility index (Phi) is 29.1. The molecule has 0 saturated carbocycles. The van der Waals surface area contributed by atoms with E-state index in [1.54, 1.807) is 55.5 Å². The normalized spacial score (nSPS) is 23.9. The summed E-state index contributed by atoms with van der Waals surface area (Å²) in [5.74, 6) is -8.91. The van der Waals surface area contributed by atoms with Crippen LogP contribution >= 0.6 is 36.2 Å². The first-order chi connectivity index (χ1) is 42.7. The van der Waals surface area contributed by atoms with Crippen molar-refractivity contribution < 1.29 is 73.2 Å². The molecule has 17 N–H and O–H groups in total. The summed E-state index contributed by atoms with van der Waals surface area (Å²) < 4.78 is 0. The number of thiol groups is 1. The van der Waals surface area contributed by atoms with Crippen LogP contribution in [0.1, 0.15) is 79.2 Å². The largest absolute Gasteiger partial charge is 0.394 e. The van der Waals surface area contributed by atoms with Crippen LogP contribution in [0.2, 0.25) is 0 Å². The molecular weight excluding hydrogens is 1230 g/mol. The molecule has 3 aliphatic heterocycles.